The van der Waals surface area contributed by atoms with Crippen molar-refractivity contribution in [3.05, 3.63) is 53.4 Å². The predicted octanol–water partition coefficient (Wildman–Crippen LogP) is 3.04. The van der Waals surface area contributed by atoms with Gasteiger partial charge in [-0.25, -0.2) is 4.98 Å². The van der Waals surface area contributed by atoms with Crippen molar-refractivity contribution in [2.45, 2.75) is 13.8 Å². The van der Waals surface area contributed by atoms with Crippen LogP contribution >= 0.6 is 0 Å². The molecule has 1 N–H and O–H groups in total. The quantitative estimate of drug-likeness (QED) is 0.747. The number of aromatic nitrogens is 1. The average Bonchev–Trinajstić information content (AvgIpc) is 2.85. The molecule has 1 aliphatic rings. The molecule has 0 spiro atoms. The highest BCUT2D eigenvalue weighted by Crippen LogP contribution is 2.35. The molecule has 24 heavy (non-hydrogen) atoms. The summed E-state index contributed by atoms with van der Waals surface area (Å²) < 4.78 is 5.73. The Balaban J connectivity index is 1.93. The zero-order valence-electron chi connectivity index (χ0n) is 13.3. The first kappa shape index (κ1) is 14.4. The second-order valence-corrected chi connectivity index (χ2v) is 5.84. The SMILES string of the molecule is Cc1cc(C)c2c3c(oc2n1)C(=O)N(c1ccccc1)CC(=O)N3. The number of carbonyl (C=O) groups is 2. The van der Waals surface area contributed by atoms with E-state index in [9.17, 15) is 9.59 Å². The van der Waals surface area contributed by atoms with Gasteiger partial charge in [-0.1, -0.05) is 18.2 Å². The van der Waals surface area contributed by atoms with Gasteiger partial charge in [-0.05, 0) is 37.6 Å². The summed E-state index contributed by atoms with van der Waals surface area (Å²) in [5.41, 5.74) is 3.11. The molecule has 120 valence electrons. The van der Waals surface area contributed by atoms with Gasteiger partial charge in [0.15, 0.2) is 0 Å². The van der Waals surface area contributed by atoms with Gasteiger partial charge in [-0.15, -0.1) is 0 Å². The van der Waals surface area contributed by atoms with E-state index in [4.69, 9.17) is 4.42 Å². The largest absolute Gasteiger partial charge is 0.430 e. The second-order valence-electron chi connectivity index (χ2n) is 5.84. The van der Waals surface area contributed by atoms with E-state index < -0.39 is 0 Å². The number of pyridine rings is 1. The van der Waals surface area contributed by atoms with Crippen molar-refractivity contribution in [3.8, 4) is 0 Å². The Kier molecular flexibility index (Phi) is 3.13. The van der Waals surface area contributed by atoms with E-state index in [-0.39, 0.29) is 24.1 Å². The van der Waals surface area contributed by atoms with Gasteiger partial charge >= 0.3 is 0 Å². The molecule has 0 radical (unpaired) electrons. The van der Waals surface area contributed by atoms with Crippen LogP contribution in [0.3, 0.4) is 0 Å². The van der Waals surface area contributed by atoms with E-state index in [1.165, 1.54) is 4.90 Å². The zero-order chi connectivity index (χ0) is 16.8. The number of nitrogens with zero attached hydrogens (tertiary/aromatic N) is 2. The summed E-state index contributed by atoms with van der Waals surface area (Å²) in [6.45, 7) is 3.70. The third-order valence-electron chi connectivity index (χ3n) is 4.06. The Morgan fingerprint density at radius 3 is 2.67 bits per heavy atom. The van der Waals surface area contributed by atoms with Crippen molar-refractivity contribution < 1.29 is 14.0 Å². The summed E-state index contributed by atoms with van der Waals surface area (Å²) in [4.78, 5) is 31.0. The number of para-hydroxylation sites is 1. The molecule has 0 bridgehead atoms. The molecular weight excluding hydrogens is 306 g/mol. The van der Waals surface area contributed by atoms with Crippen molar-refractivity contribution in [2.24, 2.45) is 0 Å². The van der Waals surface area contributed by atoms with E-state index in [2.05, 4.69) is 10.3 Å². The minimum atomic E-state index is -0.357. The molecule has 1 aromatic carbocycles. The highest BCUT2D eigenvalue weighted by Gasteiger charge is 2.33. The number of benzene rings is 1. The number of amides is 2. The van der Waals surface area contributed by atoms with E-state index in [0.29, 0.717) is 22.5 Å². The molecule has 0 unspecified atom stereocenters. The van der Waals surface area contributed by atoms with Crippen LogP contribution in [-0.2, 0) is 4.79 Å². The van der Waals surface area contributed by atoms with Crippen molar-refractivity contribution in [1.82, 2.24) is 4.98 Å². The fourth-order valence-corrected chi connectivity index (χ4v) is 3.04. The first-order valence-electron chi connectivity index (χ1n) is 7.62. The predicted molar refractivity (Wildman–Crippen MR) is 90.2 cm³/mol. The van der Waals surface area contributed by atoms with Crippen LogP contribution in [0.25, 0.3) is 11.1 Å². The van der Waals surface area contributed by atoms with Crippen molar-refractivity contribution in [3.63, 3.8) is 0 Å². The van der Waals surface area contributed by atoms with Crippen LogP contribution in [0.1, 0.15) is 21.8 Å². The summed E-state index contributed by atoms with van der Waals surface area (Å²) in [5.74, 6) is -0.515. The maximum atomic E-state index is 13.0. The smallest absolute Gasteiger partial charge is 0.296 e. The van der Waals surface area contributed by atoms with E-state index in [0.717, 1.165) is 11.3 Å². The Hall–Kier alpha value is -3.15. The van der Waals surface area contributed by atoms with Gasteiger partial charge in [-0.3, -0.25) is 14.5 Å². The van der Waals surface area contributed by atoms with E-state index >= 15 is 0 Å². The molecule has 0 atom stereocenters. The number of fused-ring (bicyclic) bond motifs is 3. The summed E-state index contributed by atoms with van der Waals surface area (Å²) in [7, 11) is 0. The number of furan rings is 1. The fraction of sp³-hybridized carbons (Fsp3) is 0.167. The monoisotopic (exact) mass is 321 g/mol. The third kappa shape index (κ3) is 2.15. The Bertz CT molecular complexity index is 976. The minimum absolute atomic E-state index is 0.0626. The number of hydrogen-bond donors (Lipinski definition) is 1. The van der Waals surface area contributed by atoms with Crippen molar-refractivity contribution in [2.75, 3.05) is 16.8 Å². The lowest BCUT2D eigenvalue weighted by Gasteiger charge is -2.18. The lowest BCUT2D eigenvalue weighted by Crippen LogP contribution is -2.35. The van der Waals surface area contributed by atoms with Gasteiger partial charge in [0.2, 0.25) is 17.4 Å². The van der Waals surface area contributed by atoms with Crippen LogP contribution in [0.2, 0.25) is 0 Å². The molecule has 3 heterocycles. The summed E-state index contributed by atoms with van der Waals surface area (Å²) in [6.07, 6.45) is 0. The number of nitrogens with one attached hydrogen (secondary N) is 1. The van der Waals surface area contributed by atoms with Gasteiger partial charge < -0.3 is 9.73 Å². The Morgan fingerprint density at radius 1 is 1.17 bits per heavy atom. The molecule has 0 saturated carbocycles. The molecule has 6 heteroatoms. The topological polar surface area (TPSA) is 75.4 Å². The van der Waals surface area contributed by atoms with E-state index in [1.807, 2.05) is 38.1 Å². The number of rotatable bonds is 1. The number of anilines is 2. The first-order chi connectivity index (χ1) is 11.5. The fourth-order valence-electron chi connectivity index (χ4n) is 3.04. The van der Waals surface area contributed by atoms with Crippen molar-refractivity contribution >= 4 is 34.3 Å². The maximum absolute atomic E-state index is 13.0. The Morgan fingerprint density at radius 2 is 1.92 bits per heavy atom. The maximum Gasteiger partial charge on any atom is 0.296 e. The summed E-state index contributed by atoms with van der Waals surface area (Å²) >= 11 is 0. The molecular formula is C18H15N3O3. The molecule has 2 amide bonds. The number of aryl methyl sites for hydroxylation is 2. The Labute approximate surface area is 138 Å². The van der Waals surface area contributed by atoms with Crippen LogP contribution in [0.5, 0.6) is 0 Å². The molecule has 1 aliphatic heterocycles. The first-order valence-corrected chi connectivity index (χ1v) is 7.62. The standard InChI is InChI=1S/C18H15N3O3/c1-10-8-11(2)19-17-14(10)15-16(24-17)18(23)21(9-13(22)20-15)12-6-4-3-5-7-12/h3-8H,9H2,1-2H3,(H,20,22). The molecule has 0 fully saturated rings. The molecule has 6 nitrogen and oxygen atoms in total. The molecule has 4 rings (SSSR count). The van der Waals surface area contributed by atoms with Crippen molar-refractivity contribution in [1.29, 1.82) is 0 Å². The third-order valence-corrected chi connectivity index (χ3v) is 4.06. The molecule has 3 aromatic rings. The zero-order valence-corrected chi connectivity index (χ0v) is 13.3. The van der Waals surface area contributed by atoms with Gasteiger partial charge in [0.05, 0.1) is 5.39 Å². The summed E-state index contributed by atoms with van der Waals surface area (Å²) in [6, 6.07) is 11.0. The van der Waals surface area contributed by atoms with Crippen LogP contribution in [0.4, 0.5) is 11.4 Å². The molecule has 0 aliphatic carbocycles. The average molecular weight is 321 g/mol. The lowest BCUT2D eigenvalue weighted by molar-refractivity contribution is -0.114. The lowest BCUT2D eigenvalue weighted by atomic mass is 10.1. The minimum Gasteiger partial charge on any atom is -0.430 e. The van der Waals surface area contributed by atoms with Gasteiger partial charge in [0.1, 0.15) is 12.2 Å². The van der Waals surface area contributed by atoms with Gasteiger partial charge in [-0.2, -0.15) is 0 Å². The van der Waals surface area contributed by atoms with Crippen LogP contribution < -0.4 is 10.2 Å². The van der Waals surface area contributed by atoms with Gasteiger partial charge in [0, 0.05) is 11.4 Å². The number of hydrogen-bond acceptors (Lipinski definition) is 4. The second kappa shape index (κ2) is 5.19. The normalized spacial score (nSPS) is 14.5. The van der Waals surface area contributed by atoms with Crippen LogP contribution in [0.15, 0.2) is 40.8 Å². The van der Waals surface area contributed by atoms with Crippen LogP contribution in [0, 0.1) is 13.8 Å². The highest BCUT2D eigenvalue weighted by molar-refractivity contribution is 6.20. The highest BCUT2D eigenvalue weighted by atomic mass is 16.4. The van der Waals surface area contributed by atoms with Crippen LogP contribution in [-0.4, -0.2) is 23.3 Å². The molecule has 2 aromatic heterocycles. The summed E-state index contributed by atoms with van der Waals surface area (Å²) in [5, 5.41) is 3.47. The number of carbonyl (C=O) groups excluding carboxylic acids is 2. The van der Waals surface area contributed by atoms with E-state index in [1.54, 1.807) is 12.1 Å². The molecule has 0 saturated heterocycles. The van der Waals surface area contributed by atoms with Gasteiger partial charge in [0.25, 0.3) is 5.91 Å².